The highest BCUT2D eigenvalue weighted by atomic mass is 28.4. The summed E-state index contributed by atoms with van der Waals surface area (Å²) in [7, 11) is 4.29. The van der Waals surface area contributed by atoms with Gasteiger partial charge in [-0.25, -0.2) is 0 Å². The first kappa shape index (κ1) is 11.1. The minimum Gasteiger partial charge on any atom is -0.395 e. The monoisotopic (exact) mass is 180 g/mol. The molecule has 5 heteroatoms. The highest BCUT2D eigenvalue weighted by molar-refractivity contribution is 6.67. The van der Waals surface area contributed by atoms with Gasteiger partial charge in [-0.1, -0.05) is 0 Å². The summed E-state index contributed by atoms with van der Waals surface area (Å²) >= 11 is 0. The summed E-state index contributed by atoms with van der Waals surface area (Å²) < 4.78 is 20.4. The van der Waals surface area contributed by atoms with Crippen molar-refractivity contribution in [1.29, 1.82) is 0 Å². The number of ether oxygens (including phenoxy) is 2. The molecule has 0 fully saturated rings. The first-order valence-corrected chi connectivity index (χ1v) is 5.56. The van der Waals surface area contributed by atoms with Crippen LogP contribution in [-0.4, -0.2) is 49.5 Å². The predicted octanol–water partition coefficient (Wildman–Crippen LogP) is 0.0926. The van der Waals surface area contributed by atoms with Gasteiger partial charge in [0.25, 0.3) is 0 Å². The smallest absolute Gasteiger partial charge is 0.390 e. The van der Waals surface area contributed by atoms with E-state index in [1.54, 1.807) is 28.4 Å². The molecule has 4 nitrogen and oxygen atoms in total. The van der Waals surface area contributed by atoms with Gasteiger partial charge in [-0.15, -0.1) is 0 Å². The van der Waals surface area contributed by atoms with E-state index < -0.39 is 8.56 Å². The molecule has 0 aliphatic carbocycles. The van der Waals surface area contributed by atoms with E-state index in [9.17, 15) is 0 Å². The number of hydrogen-bond acceptors (Lipinski definition) is 4. The third-order valence-corrected chi connectivity index (χ3v) is 4.42. The van der Waals surface area contributed by atoms with Gasteiger partial charge >= 0.3 is 8.56 Å². The van der Waals surface area contributed by atoms with Gasteiger partial charge in [-0.2, -0.15) is 0 Å². The van der Waals surface area contributed by atoms with Crippen LogP contribution >= 0.6 is 0 Å². The highest BCUT2D eigenvalue weighted by Gasteiger charge is 2.35. The Hall–Kier alpha value is 0.0569. The molecule has 0 aromatic rings. The molecule has 0 N–H and O–H groups in total. The van der Waals surface area contributed by atoms with Gasteiger partial charge in [-0.05, 0) is 0 Å². The lowest BCUT2D eigenvalue weighted by molar-refractivity contribution is 0.124. The third kappa shape index (κ3) is 3.30. The Kier molecular flexibility index (Phi) is 5.70. The quantitative estimate of drug-likeness (QED) is 0.543. The number of hydrogen-bond donors (Lipinski definition) is 0. The molecule has 0 unspecified atom stereocenters. The summed E-state index contributed by atoms with van der Waals surface area (Å²) in [5, 5.41) is 0. The van der Waals surface area contributed by atoms with Crippen molar-refractivity contribution in [3.8, 4) is 0 Å². The van der Waals surface area contributed by atoms with E-state index in [0.717, 1.165) is 0 Å². The molecule has 0 saturated carbocycles. The van der Waals surface area contributed by atoms with E-state index in [2.05, 4.69) is 0 Å². The van der Waals surface area contributed by atoms with Gasteiger partial charge in [0.05, 0.1) is 12.5 Å². The lowest BCUT2D eigenvalue weighted by Gasteiger charge is -2.25. The van der Waals surface area contributed by atoms with Gasteiger partial charge < -0.3 is 18.3 Å². The van der Waals surface area contributed by atoms with Gasteiger partial charge in [0.2, 0.25) is 0 Å². The standard InChI is InChI=1S/C6H16O4Si/c1-7-5-11(9-3,10-4)6-8-2/h5-6H2,1-4H3. The summed E-state index contributed by atoms with van der Waals surface area (Å²) in [6.07, 6.45) is 0.988. The predicted molar refractivity (Wildman–Crippen MR) is 43.5 cm³/mol. The molecule has 0 aliphatic rings. The fourth-order valence-electron chi connectivity index (χ4n) is 0.801. The van der Waals surface area contributed by atoms with Gasteiger partial charge in [0.15, 0.2) is 0 Å². The number of rotatable bonds is 6. The van der Waals surface area contributed by atoms with Crippen molar-refractivity contribution in [2.45, 2.75) is 0 Å². The third-order valence-electron chi connectivity index (χ3n) is 1.47. The zero-order chi connectivity index (χ0) is 8.74. The molecule has 11 heavy (non-hydrogen) atoms. The molecule has 0 rings (SSSR count). The van der Waals surface area contributed by atoms with Crippen LogP contribution in [0.2, 0.25) is 0 Å². The van der Waals surface area contributed by atoms with E-state index in [4.69, 9.17) is 18.3 Å². The van der Waals surface area contributed by atoms with E-state index in [-0.39, 0.29) is 0 Å². The summed E-state index contributed by atoms with van der Waals surface area (Å²) in [5.41, 5.74) is 0. The van der Waals surface area contributed by atoms with Crippen LogP contribution in [0.15, 0.2) is 0 Å². The van der Waals surface area contributed by atoms with Crippen molar-refractivity contribution in [2.24, 2.45) is 0 Å². The van der Waals surface area contributed by atoms with Crippen LogP contribution in [0.5, 0.6) is 0 Å². The SMILES string of the molecule is COC[Si](COC)(OC)OC. The Bertz CT molecular complexity index is 86.6. The molecule has 0 atom stereocenters. The molecule has 0 bridgehead atoms. The average Bonchev–Trinajstić information content (AvgIpc) is 2.04. The van der Waals surface area contributed by atoms with Crippen molar-refractivity contribution in [1.82, 2.24) is 0 Å². The molecule has 0 aliphatic heterocycles. The van der Waals surface area contributed by atoms with Crippen molar-refractivity contribution in [3.05, 3.63) is 0 Å². The lowest BCUT2D eigenvalue weighted by atomic mass is 11.5. The average molecular weight is 180 g/mol. The molecule has 0 heterocycles. The molecular formula is C6H16O4Si. The normalized spacial score (nSPS) is 12.0. The van der Waals surface area contributed by atoms with Crippen LogP contribution in [0.25, 0.3) is 0 Å². The van der Waals surface area contributed by atoms with Crippen LogP contribution in [-0.2, 0) is 18.3 Å². The summed E-state index contributed by atoms with van der Waals surface area (Å²) in [5.74, 6) is 0. The van der Waals surface area contributed by atoms with Crippen LogP contribution in [0.4, 0.5) is 0 Å². The number of methoxy groups -OCH3 is 2. The Morgan fingerprint density at radius 3 is 1.36 bits per heavy atom. The minimum absolute atomic E-state index is 0.494. The largest absolute Gasteiger partial charge is 0.395 e. The molecule has 68 valence electrons. The fourth-order valence-corrected chi connectivity index (χ4v) is 2.40. The molecule has 0 radical (unpaired) electrons. The minimum atomic E-state index is -2.19. The molecule has 0 aromatic heterocycles. The second-order valence-corrected chi connectivity index (χ2v) is 5.40. The van der Waals surface area contributed by atoms with Gasteiger partial charge in [-0.3, -0.25) is 0 Å². The topological polar surface area (TPSA) is 36.9 Å². The van der Waals surface area contributed by atoms with E-state index in [1.807, 2.05) is 0 Å². The Balaban J connectivity index is 3.96. The zero-order valence-corrected chi connectivity index (χ0v) is 8.55. The van der Waals surface area contributed by atoms with Crippen molar-refractivity contribution < 1.29 is 18.3 Å². The maximum atomic E-state index is 5.23. The Morgan fingerprint density at radius 2 is 1.18 bits per heavy atom. The second kappa shape index (κ2) is 5.67. The lowest BCUT2D eigenvalue weighted by Crippen LogP contribution is -2.50. The van der Waals surface area contributed by atoms with E-state index >= 15 is 0 Å². The van der Waals surface area contributed by atoms with E-state index in [1.165, 1.54) is 0 Å². The summed E-state index contributed by atoms with van der Waals surface area (Å²) in [6.45, 7) is 0. The maximum Gasteiger partial charge on any atom is 0.390 e. The van der Waals surface area contributed by atoms with Crippen molar-refractivity contribution in [2.75, 3.05) is 40.9 Å². The maximum absolute atomic E-state index is 5.23. The second-order valence-electron chi connectivity index (χ2n) is 2.18. The molecular weight excluding hydrogens is 164 g/mol. The Morgan fingerprint density at radius 1 is 0.818 bits per heavy atom. The van der Waals surface area contributed by atoms with Gasteiger partial charge in [0, 0.05) is 28.4 Å². The van der Waals surface area contributed by atoms with Crippen LogP contribution in [0.1, 0.15) is 0 Å². The van der Waals surface area contributed by atoms with Gasteiger partial charge in [0.1, 0.15) is 0 Å². The fraction of sp³-hybridized carbons (Fsp3) is 1.00. The summed E-state index contributed by atoms with van der Waals surface area (Å²) in [4.78, 5) is 0. The molecule has 0 saturated heterocycles. The highest BCUT2D eigenvalue weighted by Crippen LogP contribution is 2.05. The first-order chi connectivity index (χ1) is 5.24. The zero-order valence-electron chi connectivity index (χ0n) is 7.55. The van der Waals surface area contributed by atoms with Crippen LogP contribution in [0.3, 0.4) is 0 Å². The van der Waals surface area contributed by atoms with E-state index in [0.29, 0.717) is 12.5 Å². The molecule has 0 spiro atoms. The Labute approximate surface area is 68.6 Å². The molecule has 0 aromatic carbocycles. The van der Waals surface area contributed by atoms with Crippen molar-refractivity contribution >= 4 is 8.56 Å². The van der Waals surface area contributed by atoms with Crippen LogP contribution in [0, 0.1) is 0 Å². The molecule has 0 amide bonds. The summed E-state index contributed by atoms with van der Waals surface area (Å²) in [6, 6.07) is 0. The van der Waals surface area contributed by atoms with Crippen LogP contribution < -0.4 is 0 Å². The first-order valence-electron chi connectivity index (χ1n) is 3.33. The van der Waals surface area contributed by atoms with Crippen molar-refractivity contribution in [3.63, 3.8) is 0 Å².